The second-order valence-electron chi connectivity index (χ2n) is 20.2. The lowest BCUT2D eigenvalue weighted by atomic mass is 10.1. The lowest BCUT2D eigenvalue weighted by Gasteiger charge is -2.18. The molecule has 0 aromatic heterocycles. The van der Waals surface area contributed by atoms with Gasteiger partial charge in [0.2, 0.25) is 0 Å². The molecule has 0 aromatic carbocycles. The summed E-state index contributed by atoms with van der Waals surface area (Å²) in [5, 5.41) is 0. The minimum atomic E-state index is -0.841. The van der Waals surface area contributed by atoms with E-state index < -0.39 is 12.1 Å². The lowest BCUT2D eigenvalue weighted by Crippen LogP contribution is -2.30. The van der Waals surface area contributed by atoms with E-state index in [-0.39, 0.29) is 31.6 Å². The van der Waals surface area contributed by atoms with Gasteiger partial charge in [-0.05, 0) is 128 Å². The van der Waals surface area contributed by atoms with Crippen LogP contribution in [0.3, 0.4) is 0 Å². The van der Waals surface area contributed by atoms with Crippen molar-refractivity contribution >= 4 is 17.9 Å². The largest absolute Gasteiger partial charge is 0.462 e. The number of unbranched alkanes of at least 4 members (excludes halogenated alkanes) is 20. The van der Waals surface area contributed by atoms with Crippen molar-refractivity contribution in [1.82, 2.24) is 0 Å². The van der Waals surface area contributed by atoms with Gasteiger partial charge in [0.15, 0.2) is 6.10 Å². The molecular formula is C71H114O6. The first-order valence-electron chi connectivity index (χ1n) is 31.3. The van der Waals surface area contributed by atoms with Crippen molar-refractivity contribution in [2.24, 2.45) is 0 Å². The van der Waals surface area contributed by atoms with Crippen molar-refractivity contribution in [2.45, 2.75) is 271 Å². The van der Waals surface area contributed by atoms with Crippen LogP contribution in [0.4, 0.5) is 0 Å². The van der Waals surface area contributed by atoms with Gasteiger partial charge in [-0.25, -0.2) is 0 Å². The molecule has 0 aliphatic carbocycles. The standard InChI is InChI=1S/C71H114O6/c1-4-7-10-13-16-19-22-25-28-31-34-35-38-40-43-46-49-52-55-58-61-64-70(73)76-67-68(77-71(74)65-62-59-56-53-50-47-44-41-37-33-30-27-24-21-18-15-12-9-6-3)66-75-69(72)63-60-57-54-51-48-45-42-39-36-32-29-26-23-20-17-14-11-8-5-2/h8-9,11-12,17-18,20-21,26-27,29-31,34,36-37,39,41,45,47-48,50,56,59,68H,4-7,10,13-16,19,22-25,28,32-33,35,38,40,42-44,46,49,51-55,57-58,60-67H2,1-3H3/b11-8-,12-9-,20-17-,21-18-,29-26-,30-27-,34-31-,39-36-,41-37-,48-45-,50-47-,59-56-. The molecule has 0 aromatic rings. The third-order valence-corrected chi connectivity index (χ3v) is 12.8. The average molecular weight is 1060 g/mol. The smallest absolute Gasteiger partial charge is 0.306 e. The Labute approximate surface area is 474 Å². The molecule has 77 heavy (non-hydrogen) atoms. The predicted molar refractivity (Wildman–Crippen MR) is 334 cm³/mol. The van der Waals surface area contributed by atoms with E-state index >= 15 is 0 Å². The fourth-order valence-electron chi connectivity index (χ4n) is 8.20. The summed E-state index contributed by atoms with van der Waals surface area (Å²) in [6.45, 7) is 6.33. The Morgan fingerprint density at radius 3 is 0.870 bits per heavy atom. The molecule has 0 aliphatic rings. The summed E-state index contributed by atoms with van der Waals surface area (Å²) in [4.78, 5) is 38.3. The molecule has 0 N–H and O–H groups in total. The number of hydrogen-bond acceptors (Lipinski definition) is 6. The fraction of sp³-hybridized carbons (Fsp3) is 0.620. The van der Waals surface area contributed by atoms with Gasteiger partial charge in [0, 0.05) is 19.3 Å². The first-order valence-corrected chi connectivity index (χ1v) is 31.3. The summed E-state index contributed by atoms with van der Waals surface area (Å²) in [6, 6.07) is 0. The quantitative estimate of drug-likeness (QED) is 0.0261. The van der Waals surface area contributed by atoms with E-state index in [9.17, 15) is 14.4 Å². The van der Waals surface area contributed by atoms with Crippen molar-refractivity contribution < 1.29 is 28.6 Å². The molecule has 434 valence electrons. The molecule has 1 atom stereocenters. The Morgan fingerprint density at radius 2 is 0.532 bits per heavy atom. The monoisotopic (exact) mass is 1060 g/mol. The molecule has 0 saturated carbocycles. The summed E-state index contributed by atoms with van der Waals surface area (Å²) in [5.74, 6) is -1.05. The van der Waals surface area contributed by atoms with E-state index in [2.05, 4.69) is 154 Å². The van der Waals surface area contributed by atoms with Crippen LogP contribution in [0.25, 0.3) is 0 Å². The number of hydrogen-bond donors (Lipinski definition) is 0. The third kappa shape index (κ3) is 62.0. The van der Waals surface area contributed by atoms with E-state index in [0.29, 0.717) is 19.3 Å². The molecule has 0 fully saturated rings. The van der Waals surface area contributed by atoms with Crippen molar-refractivity contribution in [2.75, 3.05) is 13.2 Å². The van der Waals surface area contributed by atoms with Crippen LogP contribution in [0.5, 0.6) is 0 Å². The molecule has 0 bridgehead atoms. The van der Waals surface area contributed by atoms with Crippen LogP contribution in [0, 0.1) is 0 Å². The minimum Gasteiger partial charge on any atom is -0.462 e. The molecule has 1 unspecified atom stereocenters. The molecule has 0 heterocycles. The second-order valence-corrected chi connectivity index (χ2v) is 20.2. The fourth-order valence-corrected chi connectivity index (χ4v) is 8.20. The zero-order chi connectivity index (χ0) is 55.7. The maximum atomic E-state index is 12.9. The van der Waals surface area contributed by atoms with E-state index in [4.69, 9.17) is 14.2 Å². The second kappa shape index (κ2) is 63.8. The van der Waals surface area contributed by atoms with Crippen LogP contribution in [0.2, 0.25) is 0 Å². The molecular weight excluding hydrogens is 949 g/mol. The number of rotatable bonds is 55. The van der Waals surface area contributed by atoms with Crippen molar-refractivity contribution in [3.05, 3.63) is 146 Å². The molecule has 6 heteroatoms. The van der Waals surface area contributed by atoms with Crippen LogP contribution < -0.4 is 0 Å². The molecule has 0 aliphatic heterocycles. The van der Waals surface area contributed by atoms with Gasteiger partial charge in [-0.15, -0.1) is 0 Å². The molecule has 0 saturated heterocycles. The van der Waals surface area contributed by atoms with Crippen LogP contribution in [0.1, 0.15) is 265 Å². The van der Waals surface area contributed by atoms with Crippen molar-refractivity contribution in [1.29, 1.82) is 0 Å². The van der Waals surface area contributed by atoms with Crippen molar-refractivity contribution in [3.63, 3.8) is 0 Å². The summed E-state index contributed by atoms with van der Waals surface area (Å²) < 4.78 is 16.8. The number of carbonyl (C=O) groups is 3. The first kappa shape index (κ1) is 72.3. The van der Waals surface area contributed by atoms with E-state index in [1.165, 1.54) is 103 Å². The lowest BCUT2D eigenvalue weighted by molar-refractivity contribution is -0.166. The highest BCUT2D eigenvalue weighted by Crippen LogP contribution is 2.14. The van der Waals surface area contributed by atoms with Crippen LogP contribution in [-0.2, 0) is 28.6 Å². The Morgan fingerprint density at radius 1 is 0.273 bits per heavy atom. The van der Waals surface area contributed by atoms with E-state index in [1.807, 2.05) is 12.2 Å². The molecule has 0 spiro atoms. The van der Waals surface area contributed by atoms with Crippen molar-refractivity contribution in [3.8, 4) is 0 Å². The Kier molecular flexibility index (Phi) is 59.9. The van der Waals surface area contributed by atoms with E-state index in [0.717, 1.165) is 116 Å². The van der Waals surface area contributed by atoms with Gasteiger partial charge in [-0.1, -0.05) is 263 Å². The number of esters is 3. The summed E-state index contributed by atoms with van der Waals surface area (Å²) in [5.41, 5.74) is 0. The van der Waals surface area contributed by atoms with Gasteiger partial charge in [-0.2, -0.15) is 0 Å². The third-order valence-electron chi connectivity index (χ3n) is 12.8. The van der Waals surface area contributed by atoms with Crippen LogP contribution in [-0.4, -0.2) is 37.2 Å². The molecule has 0 amide bonds. The Balaban J connectivity index is 4.56. The van der Waals surface area contributed by atoms with Gasteiger partial charge in [0.05, 0.1) is 0 Å². The van der Waals surface area contributed by atoms with Crippen LogP contribution >= 0.6 is 0 Å². The van der Waals surface area contributed by atoms with Gasteiger partial charge < -0.3 is 14.2 Å². The molecule has 0 radical (unpaired) electrons. The maximum Gasteiger partial charge on any atom is 0.306 e. The summed E-state index contributed by atoms with van der Waals surface area (Å²) >= 11 is 0. The average Bonchev–Trinajstić information content (AvgIpc) is 3.43. The highest BCUT2D eigenvalue weighted by atomic mass is 16.6. The molecule has 0 rings (SSSR count). The SMILES string of the molecule is CC/C=C\C/C=C\C/C=C\C/C=C\C/C=C\C/C=C\CCC(=O)OC(COC(=O)CCCCC/C=C\C/C=C\C/C=C\C/C=C\C/C=C\CC)COC(=O)CCCCCCCCCCC/C=C\CCCCCCCCCC. The number of allylic oxidation sites excluding steroid dienone is 24. The summed E-state index contributed by atoms with van der Waals surface area (Å²) in [6.07, 6.45) is 91.5. The highest BCUT2D eigenvalue weighted by molar-refractivity contribution is 5.71. The normalized spacial score (nSPS) is 13.1. The van der Waals surface area contributed by atoms with E-state index in [1.54, 1.807) is 0 Å². The van der Waals surface area contributed by atoms with Gasteiger partial charge in [-0.3, -0.25) is 14.4 Å². The van der Waals surface area contributed by atoms with Gasteiger partial charge >= 0.3 is 17.9 Å². The highest BCUT2D eigenvalue weighted by Gasteiger charge is 2.19. The first-order chi connectivity index (χ1) is 38.0. The maximum absolute atomic E-state index is 12.9. The predicted octanol–water partition coefficient (Wildman–Crippen LogP) is 21.5. The molecule has 6 nitrogen and oxygen atoms in total. The Bertz CT molecular complexity index is 1700. The van der Waals surface area contributed by atoms with Gasteiger partial charge in [0.25, 0.3) is 0 Å². The van der Waals surface area contributed by atoms with Gasteiger partial charge in [0.1, 0.15) is 13.2 Å². The minimum absolute atomic E-state index is 0.125. The zero-order valence-corrected chi connectivity index (χ0v) is 49.7. The Hall–Kier alpha value is -4.71. The topological polar surface area (TPSA) is 78.9 Å². The zero-order valence-electron chi connectivity index (χ0n) is 49.7. The summed E-state index contributed by atoms with van der Waals surface area (Å²) in [7, 11) is 0. The number of ether oxygens (including phenoxy) is 3. The number of carbonyl (C=O) groups excluding carboxylic acids is 3. The van der Waals surface area contributed by atoms with Crippen LogP contribution in [0.15, 0.2) is 146 Å².